The third-order valence-electron chi connectivity index (χ3n) is 6.97. The summed E-state index contributed by atoms with van der Waals surface area (Å²) < 4.78 is 0. The highest BCUT2D eigenvalue weighted by Gasteiger charge is 2.30. The monoisotopic (exact) mass is 519 g/mol. The van der Waals surface area contributed by atoms with Gasteiger partial charge in [0.05, 0.1) is 0 Å². The number of aromatic hydroxyl groups is 1. The second kappa shape index (κ2) is 11.2. The molecule has 3 fully saturated rings. The molecular weight excluding hydrogens is 482 g/mol. The number of anilines is 4. The fourth-order valence-corrected chi connectivity index (χ4v) is 5.28. The van der Waals surface area contributed by atoms with Crippen LogP contribution in [0.4, 0.5) is 23.5 Å². The molecule has 0 amide bonds. The average molecular weight is 520 g/mol. The molecule has 0 bridgehead atoms. The SMILES string of the molecule is Cl.N[C@@H]1C[C@H](N)CN(c2nc(N3CCN(c4ccc(O)cc4)CC3)nc(N3C[C@H](N)C[C@H](N)C3)n2)C1. The summed E-state index contributed by atoms with van der Waals surface area (Å²) in [5.74, 6) is 2.12. The summed E-state index contributed by atoms with van der Waals surface area (Å²) in [5, 5.41) is 9.59. The highest BCUT2D eigenvalue weighted by Crippen LogP contribution is 2.25. The van der Waals surface area contributed by atoms with Gasteiger partial charge in [-0.3, -0.25) is 0 Å². The Morgan fingerprint density at radius 1 is 0.583 bits per heavy atom. The number of phenols is 1. The molecule has 0 radical (unpaired) electrons. The van der Waals surface area contributed by atoms with E-state index in [0.29, 0.717) is 44.0 Å². The maximum absolute atomic E-state index is 9.59. The van der Waals surface area contributed by atoms with Crippen molar-refractivity contribution >= 4 is 35.9 Å². The molecule has 5 rings (SSSR count). The van der Waals surface area contributed by atoms with Crippen molar-refractivity contribution in [3.8, 4) is 5.75 Å². The largest absolute Gasteiger partial charge is 0.508 e. The highest BCUT2D eigenvalue weighted by atomic mass is 35.5. The Hall–Kier alpha value is -2.64. The van der Waals surface area contributed by atoms with Crippen LogP contribution in [0.1, 0.15) is 12.8 Å². The molecule has 3 saturated heterocycles. The van der Waals surface area contributed by atoms with Crippen molar-refractivity contribution in [2.24, 2.45) is 22.9 Å². The number of halogens is 1. The first-order valence-corrected chi connectivity index (χ1v) is 12.4. The lowest BCUT2D eigenvalue weighted by atomic mass is 10.0. The topological polar surface area (TPSA) is 176 Å². The maximum Gasteiger partial charge on any atom is 0.232 e. The van der Waals surface area contributed by atoms with E-state index in [2.05, 4.69) is 19.6 Å². The van der Waals surface area contributed by atoms with Crippen molar-refractivity contribution in [2.45, 2.75) is 37.0 Å². The molecule has 1 aromatic carbocycles. The van der Waals surface area contributed by atoms with Crippen LogP contribution in [0.2, 0.25) is 0 Å². The van der Waals surface area contributed by atoms with Crippen LogP contribution in [-0.4, -0.2) is 96.6 Å². The van der Waals surface area contributed by atoms with E-state index in [1.165, 1.54) is 0 Å². The first-order chi connectivity index (χ1) is 16.8. The Bertz CT molecular complexity index is 940. The van der Waals surface area contributed by atoms with Crippen LogP contribution in [0.3, 0.4) is 0 Å². The summed E-state index contributed by atoms with van der Waals surface area (Å²) in [5.41, 5.74) is 26.1. The number of phenolic OH excluding ortho intramolecular Hbond substituents is 1. The van der Waals surface area contributed by atoms with Crippen molar-refractivity contribution < 1.29 is 5.11 Å². The van der Waals surface area contributed by atoms with Gasteiger partial charge >= 0.3 is 0 Å². The normalized spacial score (nSPS) is 27.1. The van der Waals surface area contributed by atoms with Gasteiger partial charge in [-0.25, -0.2) is 0 Å². The van der Waals surface area contributed by atoms with E-state index < -0.39 is 0 Å². The molecule has 0 aliphatic carbocycles. The van der Waals surface area contributed by atoms with Gasteiger partial charge in [-0.05, 0) is 37.1 Å². The minimum absolute atomic E-state index is 0. The van der Waals surface area contributed by atoms with Gasteiger partial charge in [-0.1, -0.05) is 0 Å². The van der Waals surface area contributed by atoms with Gasteiger partial charge in [0.15, 0.2) is 0 Å². The molecule has 0 unspecified atom stereocenters. The summed E-state index contributed by atoms with van der Waals surface area (Å²) in [6.07, 6.45) is 1.58. The van der Waals surface area contributed by atoms with E-state index in [0.717, 1.165) is 44.7 Å². The van der Waals surface area contributed by atoms with Crippen LogP contribution in [0.25, 0.3) is 0 Å². The molecule has 1 aromatic heterocycles. The highest BCUT2D eigenvalue weighted by molar-refractivity contribution is 5.85. The predicted molar refractivity (Wildman–Crippen MR) is 145 cm³/mol. The average Bonchev–Trinajstić information content (AvgIpc) is 2.83. The Morgan fingerprint density at radius 2 is 0.944 bits per heavy atom. The molecule has 4 atom stereocenters. The van der Waals surface area contributed by atoms with E-state index in [1.54, 1.807) is 12.1 Å². The van der Waals surface area contributed by atoms with Crippen LogP contribution >= 0.6 is 12.4 Å². The van der Waals surface area contributed by atoms with Gasteiger partial charge in [-0.15, -0.1) is 12.4 Å². The van der Waals surface area contributed by atoms with E-state index >= 15 is 0 Å². The molecule has 4 heterocycles. The van der Waals surface area contributed by atoms with E-state index in [1.807, 2.05) is 12.1 Å². The Balaban J connectivity index is 0.00000304. The second-order valence-electron chi connectivity index (χ2n) is 10.0. The fraction of sp³-hybridized carbons (Fsp3) is 0.609. The molecule has 9 N–H and O–H groups in total. The summed E-state index contributed by atoms with van der Waals surface area (Å²) >= 11 is 0. The first kappa shape index (κ1) is 26.4. The minimum Gasteiger partial charge on any atom is -0.508 e. The summed E-state index contributed by atoms with van der Waals surface area (Å²) in [6, 6.07) is 7.23. The van der Waals surface area contributed by atoms with Gasteiger partial charge in [0.2, 0.25) is 17.8 Å². The molecule has 13 heteroatoms. The molecule has 12 nitrogen and oxygen atoms in total. The van der Waals surface area contributed by atoms with Gasteiger partial charge in [0, 0.05) is 82.2 Å². The maximum atomic E-state index is 9.59. The lowest BCUT2D eigenvalue weighted by Crippen LogP contribution is -2.54. The number of hydrogen-bond acceptors (Lipinski definition) is 12. The van der Waals surface area contributed by atoms with E-state index in [4.69, 9.17) is 37.9 Å². The quantitative estimate of drug-likeness (QED) is 0.335. The van der Waals surface area contributed by atoms with Gasteiger partial charge in [0.25, 0.3) is 0 Å². The minimum atomic E-state index is -0.0203. The number of hydrogen-bond donors (Lipinski definition) is 5. The third kappa shape index (κ3) is 6.01. The number of aromatic nitrogens is 3. The third-order valence-corrected chi connectivity index (χ3v) is 6.97. The summed E-state index contributed by atoms with van der Waals surface area (Å²) in [7, 11) is 0. The first-order valence-electron chi connectivity index (χ1n) is 12.4. The number of nitrogens with two attached hydrogens (primary N) is 4. The van der Waals surface area contributed by atoms with Crippen LogP contribution < -0.4 is 42.5 Å². The van der Waals surface area contributed by atoms with Gasteiger partial charge < -0.3 is 47.6 Å². The zero-order chi connectivity index (χ0) is 24.5. The summed E-state index contributed by atoms with van der Waals surface area (Å²) in [6.45, 7) is 5.80. The number of rotatable bonds is 4. The number of piperazine rings is 1. The van der Waals surface area contributed by atoms with Crippen LogP contribution in [0.15, 0.2) is 24.3 Å². The molecule has 3 aliphatic heterocycles. The molecule has 2 aromatic rings. The smallest absolute Gasteiger partial charge is 0.232 e. The Morgan fingerprint density at radius 3 is 1.36 bits per heavy atom. The molecule has 0 saturated carbocycles. The fourth-order valence-electron chi connectivity index (χ4n) is 5.28. The molecule has 0 spiro atoms. The predicted octanol–water partition coefficient (Wildman–Crippen LogP) is -0.945. The van der Waals surface area contributed by atoms with E-state index in [9.17, 15) is 5.11 Å². The lowest BCUT2D eigenvalue weighted by Gasteiger charge is -2.39. The zero-order valence-electron chi connectivity index (χ0n) is 20.5. The van der Waals surface area contributed by atoms with E-state index in [-0.39, 0.29) is 42.3 Å². The van der Waals surface area contributed by atoms with Crippen molar-refractivity contribution in [1.82, 2.24) is 15.0 Å². The van der Waals surface area contributed by atoms with Crippen LogP contribution in [0, 0.1) is 0 Å². The molecule has 198 valence electrons. The Kier molecular flexibility index (Phi) is 8.20. The van der Waals surface area contributed by atoms with Crippen LogP contribution in [0.5, 0.6) is 5.75 Å². The number of nitrogens with zero attached hydrogens (tertiary/aromatic N) is 7. The number of benzene rings is 1. The van der Waals surface area contributed by atoms with Crippen molar-refractivity contribution in [2.75, 3.05) is 72.0 Å². The number of piperidine rings is 2. The lowest BCUT2D eigenvalue weighted by molar-refractivity contribution is 0.440. The van der Waals surface area contributed by atoms with Crippen molar-refractivity contribution in [1.29, 1.82) is 0 Å². The second-order valence-corrected chi connectivity index (χ2v) is 10.0. The van der Waals surface area contributed by atoms with Gasteiger partial charge in [0.1, 0.15) is 5.75 Å². The summed E-state index contributed by atoms with van der Waals surface area (Å²) in [4.78, 5) is 23.2. The van der Waals surface area contributed by atoms with Crippen molar-refractivity contribution in [3.63, 3.8) is 0 Å². The molecular formula is C23H38ClN11O. The van der Waals surface area contributed by atoms with Crippen molar-refractivity contribution in [3.05, 3.63) is 24.3 Å². The van der Waals surface area contributed by atoms with Crippen LogP contribution in [-0.2, 0) is 0 Å². The Labute approximate surface area is 218 Å². The standard InChI is InChI=1S/C23H37N11O.ClH/c24-15-9-16(25)12-33(11-15)22-28-21(29-23(30-22)34-13-17(26)10-18(27)14-34)32-7-5-31(6-8-32)19-1-3-20(35)4-2-19;/h1-4,15-18,35H,5-14,24-27H2;1H/t15-,16+,17-,18+;. The molecule has 36 heavy (non-hydrogen) atoms. The zero-order valence-corrected chi connectivity index (χ0v) is 21.3. The van der Waals surface area contributed by atoms with Gasteiger partial charge in [-0.2, -0.15) is 15.0 Å². The molecule has 3 aliphatic rings.